The first kappa shape index (κ1) is 12.9. The summed E-state index contributed by atoms with van der Waals surface area (Å²) in [6, 6.07) is 7.25. The Morgan fingerprint density at radius 3 is 3.06 bits per heavy atom. The van der Waals surface area contributed by atoms with Gasteiger partial charge in [-0.15, -0.1) is 0 Å². The molecule has 0 aromatic heterocycles. The van der Waals surface area contributed by atoms with E-state index in [0.29, 0.717) is 11.5 Å². The summed E-state index contributed by atoms with van der Waals surface area (Å²) in [5.41, 5.74) is 0.831. The van der Waals surface area contributed by atoms with Gasteiger partial charge in [-0.2, -0.15) is 4.40 Å². The zero-order valence-electron chi connectivity index (χ0n) is 9.13. The van der Waals surface area contributed by atoms with Crippen molar-refractivity contribution in [2.75, 3.05) is 19.0 Å². The molecule has 0 bridgehead atoms. The van der Waals surface area contributed by atoms with Crippen molar-refractivity contribution >= 4 is 17.2 Å². The summed E-state index contributed by atoms with van der Waals surface area (Å²) in [6.07, 6.45) is 1.56. The number of rotatable bonds is 6. The van der Waals surface area contributed by atoms with Crippen molar-refractivity contribution < 1.29 is 14.1 Å². The van der Waals surface area contributed by atoms with Gasteiger partial charge < -0.3 is 9.84 Å². The quantitative estimate of drug-likeness (QED) is 0.760. The summed E-state index contributed by atoms with van der Waals surface area (Å²) in [4.78, 5) is 0. The molecule has 0 fully saturated rings. The maximum Gasteiger partial charge on any atom is 0.139 e. The average molecular weight is 241 g/mol. The van der Waals surface area contributed by atoms with Gasteiger partial charge in [0.1, 0.15) is 23.3 Å². The molecule has 1 unspecified atom stereocenters. The molecule has 0 spiro atoms. The Labute approximate surface area is 97.6 Å². The fourth-order valence-corrected chi connectivity index (χ4v) is 1.43. The van der Waals surface area contributed by atoms with Crippen molar-refractivity contribution in [2.45, 2.75) is 6.92 Å². The van der Waals surface area contributed by atoms with Crippen LogP contribution >= 0.6 is 0 Å². The van der Waals surface area contributed by atoms with Crippen LogP contribution < -0.4 is 4.74 Å². The molecule has 1 N–H and O–H groups in total. The lowest BCUT2D eigenvalue weighted by Gasteiger charge is -2.03. The van der Waals surface area contributed by atoms with Gasteiger partial charge >= 0.3 is 0 Å². The van der Waals surface area contributed by atoms with Crippen LogP contribution in [0.25, 0.3) is 0 Å². The third-order valence-corrected chi connectivity index (χ3v) is 2.62. The van der Waals surface area contributed by atoms with Crippen LogP contribution in [0.2, 0.25) is 0 Å². The second-order valence-electron chi connectivity index (χ2n) is 2.99. The van der Waals surface area contributed by atoms with Gasteiger partial charge in [-0.25, -0.2) is 4.21 Å². The van der Waals surface area contributed by atoms with Crippen molar-refractivity contribution in [3.8, 4) is 5.75 Å². The van der Waals surface area contributed by atoms with Gasteiger partial charge in [-0.1, -0.05) is 19.1 Å². The molecule has 16 heavy (non-hydrogen) atoms. The minimum atomic E-state index is -1.15. The molecule has 1 aromatic carbocycles. The third kappa shape index (κ3) is 4.55. The number of hydrogen-bond acceptors (Lipinski definition) is 3. The second-order valence-corrected chi connectivity index (χ2v) is 4.42. The number of aliphatic hydroxyl groups excluding tert-OH is 1. The molecular weight excluding hydrogens is 226 g/mol. The predicted molar refractivity (Wildman–Crippen MR) is 65.3 cm³/mol. The Morgan fingerprint density at radius 1 is 1.56 bits per heavy atom. The van der Waals surface area contributed by atoms with E-state index in [-0.39, 0.29) is 13.2 Å². The molecular formula is C11H15NO3S. The summed E-state index contributed by atoms with van der Waals surface area (Å²) in [7, 11) is -1.15. The first-order valence-electron chi connectivity index (χ1n) is 5.02. The number of hydrogen-bond donors (Lipinski definition) is 1. The van der Waals surface area contributed by atoms with E-state index >= 15 is 0 Å². The fourth-order valence-electron chi connectivity index (χ4n) is 1.04. The van der Waals surface area contributed by atoms with Crippen molar-refractivity contribution in [3.05, 3.63) is 29.8 Å². The lowest BCUT2D eigenvalue weighted by Crippen LogP contribution is -2.01. The van der Waals surface area contributed by atoms with Crippen LogP contribution in [0.4, 0.5) is 0 Å². The van der Waals surface area contributed by atoms with Gasteiger partial charge in [0.05, 0.1) is 6.61 Å². The number of nitrogens with zero attached hydrogens (tertiary/aromatic N) is 1. The molecule has 0 amide bonds. The Balaban J connectivity index is 2.66. The van der Waals surface area contributed by atoms with E-state index in [4.69, 9.17) is 9.84 Å². The Morgan fingerprint density at radius 2 is 2.38 bits per heavy atom. The molecule has 5 heteroatoms. The SMILES string of the molecule is CCS(=O)/N=C/c1cccc(OCCO)c1. The highest BCUT2D eigenvalue weighted by Gasteiger charge is 1.95. The molecule has 0 heterocycles. The number of benzene rings is 1. The van der Waals surface area contributed by atoms with Gasteiger partial charge in [0, 0.05) is 12.0 Å². The molecule has 1 atom stereocenters. The normalized spacial score (nSPS) is 12.9. The summed E-state index contributed by atoms with van der Waals surface area (Å²) in [5, 5.41) is 8.61. The minimum absolute atomic E-state index is 0.0157. The Kier molecular flexibility index (Phi) is 5.74. The molecule has 0 saturated heterocycles. The monoisotopic (exact) mass is 241 g/mol. The minimum Gasteiger partial charge on any atom is -0.491 e. The first-order valence-corrected chi connectivity index (χ1v) is 6.30. The summed E-state index contributed by atoms with van der Waals surface area (Å²) < 4.78 is 20.2. The highest BCUT2D eigenvalue weighted by molar-refractivity contribution is 7.83. The molecule has 4 nitrogen and oxygen atoms in total. The topological polar surface area (TPSA) is 58.9 Å². The van der Waals surface area contributed by atoms with Crippen LogP contribution in [0.5, 0.6) is 5.75 Å². The molecule has 88 valence electrons. The maximum atomic E-state index is 11.1. The van der Waals surface area contributed by atoms with E-state index in [9.17, 15) is 4.21 Å². The predicted octanol–water partition coefficient (Wildman–Crippen LogP) is 1.16. The molecule has 1 aromatic rings. The van der Waals surface area contributed by atoms with Gasteiger partial charge in [0.15, 0.2) is 0 Å². The van der Waals surface area contributed by atoms with Crippen LogP contribution in [0.3, 0.4) is 0 Å². The Hall–Kier alpha value is -1.20. The molecule has 0 aliphatic heterocycles. The number of ether oxygens (including phenoxy) is 1. The second kappa shape index (κ2) is 7.14. The van der Waals surface area contributed by atoms with E-state index in [0.717, 1.165) is 5.56 Å². The molecule has 1 rings (SSSR count). The fraction of sp³-hybridized carbons (Fsp3) is 0.364. The standard InChI is InChI=1S/C11H15NO3S/c1-2-16(14)12-9-10-4-3-5-11(8-10)15-7-6-13/h3-5,8-9,13H,2,6-7H2,1H3/b12-9+. The third-order valence-electron chi connectivity index (χ3n) is 1.78. The molecule has 0 saturated carbocycles. The van der Waals surface area contributed by atoms with Crippen molar-refractivity contribution in [1.82, 2.24) is 0 Å². The van der Waals surface area contributed by atoms with E-state index in [1.165, 1.54) is 0 Å². The smallest absolute Gasteiger partial charge is 0.139 e. The lowest BCUT2D eigenvalue weighted by atomic mass is 10.2. The van der Waals surface area contributed by atoms with Crippen LogP contribution in [0, 0.1) is 0 Å². The zero-order valence-corrected chi connectivity index (χ0v) is 9.94. The van der Waals surface area contributed by atoms with Crippen molar-refractivity contribution in [2.24, 2.45) is 4.40 Å². The maximum absolute atomic E-state index is 11.1. The summed E-state index contributed by atoms with van der Waals surface area (Å²) in [6.45, 7) is 2.06. The van der Waals surface area contributed by atoms with Gasteiger partial charge in [-0.05, 0) is 17.7 Å². The van der Waals surface area contributed by atoms with Crippen molar-refractivity contribution in [1.29, 1.82) is 0 Å². The van der Waals surface area contributed by atoms with E-state index in [1.807, 2.05) is 19.1 Å². The lowest BCUT2D eigenvalue weighted by molar-refractivity contribution is 0.201. The van der Waals surface area contributed by atoms with Crippen LogP contribution in [0.15, 0.2) is 28.7 Å². The largest absolute Gasteiger partial charge is 0.491 e. The highest BCUT2D eigenvalue weighted by atomic mass is 32.2. The average Bonchev–Trinajstić information content (AvgIpc) is 2.34. The molecule has 0 aliphatic rings. The van der Waals surface area contributed by atoms with Gasteiger partial charge in [-0.3, -0.25) is 0 Å². The van der Waals surface area contributed by atoms with E-state index in [1.54, 1.807) is 18.3 Å². The molecule has 0 aliphatic carbocycles. The van der Waals surface area contributed by atoms with Crippen LogP contribution in [-0.2, 0) is 11.0 Å². The van der Waals surface area contributed by atoms with Crippen molar-refractivity contribution in [3.63, 3.8) is 0 Å². The summed E-state index contributed by atoms with van der Waals surface area (Å²) in [5.74, 6) is 1.18. The Bertz CT molecular complexity index is 379. The number of aliphatic hydroxyl groups is 1. The molecule has 0 radical (unpaired) electrons. The van der Waals surface area contributed by atoms with Crippen LogP contribution in [-0.4, -0.2) is 34.5 Å². The van der Waals surface area contributed by atoms with E-state index in [2.05, 4.69) is 4.40 Å². The summed E-state index contributed by atoms with van der Waals surface area (Å²) >= 11 is 0. The zero-order chi connectivity index (χ0) is 11.8. The van der Waals surface area contributed by atoms with Gasteiger partial charge in [0.2, 0.25) is 0 Å². The van der Waals surface area contributed by atoms with E-state index < -0.39 is 11.0 Å². The highest BCUT2D eigenvalue weighted by Crippen LogP contribution is 2.11. The van der Waals surface area contributed by atoms with Gasteiger partial charge in [0.25, 0.3) is 0 Å². The van der Waals surface area contributed by atoms with Crippen LogP contribution in [0.1, 0.15) is 12.5 Å². The first-order chi connectivity index (χ1) is 7.76.